The molecule has 31 heavy (non-hydrogen) atoms. The molecule has 2 aromatic carbocycles. The van der Waals surface area contributed by atoms with Gasteiger partial charge in [0.15, 0.2) is 0 Å². The van der Waals surface area contributed by atoms with Gasteiger partial charge in [0.05, 0.1) is 22.1 Å². The molecular formula is C23H21N5O2S. The molecule has 0 unspecified atom stereocenters. The Hall–Kier alpha value is -3.65. The zero-order chi connectivity index (χ0) is 22.1. The summed E-state index contributed by atoms with van der Waals surface area (Å²) in [5.41, 5.74) is 3.18. The lowest BCUT2D eigenvalue weighted by molar-refractivity contribution is -0.114. The molecule has 2 heterocycles. The highest BCUT2D eigenvalue weighted by atomic mass is 32.1. The van der Waals surface area contributed by atoms with Crippen LogP contribution >= 0.6 is 11.3 Å². The summed E-state index contributed by atoms with van der Waals surface area (Å²) in [5.74, 6) is 0.0742. The summed E-state index contributed by atoms with van der Waals surface area (Å²) in [4.78, 5) is 25.9. The lowest BCUT2D eigenvalue weighted by Gasteiger charge is -2.08. The molecule has 0 spiro atoms. The third-order valence-electron chi connectivity index (χ3n) is 4.77. The van der Waals surface area contributed by atoms with E-state index in [0.717, 1.165) is 16.0 Å². The zero-order valence-corrected chi connectivity index (χ0v) is 18.4. The van der Waals surface area contributed by atoms with E-state index < -0.39 is 0 Å². The summed E-state index contributed by atoms with van der Waals surface area (Å²) in [6.07, 6.45) is 0. The van der Waals surface area contributed by atoms with Crippen molar-refractivity contribution in [3.05, 3.63) is 74.9 Å². The van der Waals surface area contributed by atoms with Gasteiger partial charge < -0.3 is 5.32 Å². The fourth-order valence-electron chi connectivity index (χ4n) is 3.21. The van der Waals surface area contributed by atoms with Crippen LogP contribution in [0.25, 0.3) is 16.5 Å². The molecule has 4 aromatic rings. The molecule has 0 fully saturated rings. The van der Waals surface area contributed by atoms with Crippen molar-refractivity contribution in [2.75, 3.05) is 5.32 Å². The van der Waals surface area contributed by atoms with Gasteiger partial charge in [-0.05, 0) is 45.0 Å². The Bertz CT molecular complexity index is 1370. The maximum atomic E-state index is 13.4. The number of hydrogen-bond acceptors (Lipinski definition) is 6. The normalized spacial score (nSPS) is 11.4. The van der Waals surface area contributed by atoms with E-state index in [9.17, 15) is 9.59 Å². The van der Waals surface area contributed by atoms with Gasteiger partial charge in [0.25, 0.3) is 5.56 Å². The Labute approximate surface area is 183 Å². The molecule has 0 aliphatic heterocycles. The molecule has 0 radical (unpaired) electrons. The SMILES string of the molecule is CC(=O)Nc1sc(C)c2c(N=Nc3ccc(C)cc3)nn(-c3ccc(C)cc3)c(=O)c12. The van der Waals surface area contributed by atoms with Gasteiger partial charge in [-0.3, -0.25) is 9.59 Å². The Morgan fingerprint density at radius 1 is 0.935 bits per heavy atom. The summed E-state index contributed by atoms with van der Waals surface area (Å²) < 4.78 is 1.31. The minimum absolute atomic E-state index is 0.246. The van der Waals surface area contributed by atoms with Crippen molar-refractivity contribution >= 4 is 44.5 Å². The van der Waals surface area contributed by atoms with E-state index in [1.54, 1.807) is 0 Å². The van der Waals surface area contributed by atoms with Gasteiger partial charge in [0, 0.05) is 11.8 Å². The average molecular weight is 432 g/mol. The molecule has 2 aromatic heterocycles. The van der Waals surface area contributed by atoms with Crippen LogP contribution in [-0.2, 0) is 4.79 Å². The van der Waals surface area contributed by atoms with Crippen molar-refractivity contribution in [3.63, 3.8) is 0 Å². The van der Waals surface area contributed by atoms with Crippen LogP contribution < -0.4 is 10.9 Å². The fraction of sp³-hybridized carbons (Fsp3) is 0.174. The zero-order valence-electron chi connectivity index (χ0n) is 17.6. The monoisotopic (exact) mass is 431 g/mol. The number of carbonyl (C=O) groups excluding carboxylic acids is 1. The second-order valence-electron chi connectivity index (χ2n) is 7.33. The largest absolute Gasteiger partial charge is 0.317 e. The molecule has 0 bridgehead atoms. The molecule has 0 aliphatic rings. The van der Waals surface area contributed by atoms with Crippen LogP contribution in [-0.4, -0.2) is 15.7 Å². The predicted octanol–water partition coefficient (Wildman–Crippen LogP) is 5.75. The van der Waals surface area contributed by atoms with Crippen LogP contribution in [0.4, 0.5) is 16.5 Å². The minimum Gasteiger partial charge on any atom is -0.317 e. The number of nitrogens with zero attached hydrogens (tertiary/aromatic N) is 4. The van der Waals surface area contributed by atoms with Crippen LogP contribution in [0, 0.1) is 20.8 Å². The fourth-order valence-corrected chi connectivity index (χ4v) is 4.30. The highest BCUT2D eigenvalue weighted by Gasteiger charge is 2.21. The highest BCUT2D eigenvalue weighted by Crippen LogP contribution is 2.38. The number of fused-ring (bicyclic) bond motifs is 1. The Morgan fingerprint density at radius 2 is 1.55 bits per heavy atom. The van der Waals surface area contributed by atoms with Gasteiger partial charge in [-0.2, -0.15) is 4.68 Å². The number of amides is 1. The number of thiophene rings is 1. The van der Waals surface area contributed by atoms with E-state index in [0.29, 0.717) is 33.0 Å². The van der Waals surface area contributed by atoms with Gasteiger partial charge in [-0.25, -0.2) is 0 Å². The molecule has 8 heteroatoms. The third-order valence-corrected chi connectivity index (χ3v) is 5.79. The number of carbonyl (C=O) groups is 1. The summed E-state index contributed by atoms with van der Waals surface area (Å²) in [6.45, 7) is 7.27. The highest BCUT2D eigenvalue weighted by molar-refractivity contribution is 7.18. The van der Waals surface area contributed by atoms with Gasteiger partial charge in [0.1, 0.15) is 5.00 Å². The van der Waals surface area contributed by atoms with E-state index >= 15 is 0 Å². The molecule has 156 valence electrons. The smallest absolute Gasteiger partial charge is 0.282 e. The van der Waals surface area contributed by atoms with E-state index in [1.165, 1.54) is 22.9 Å². The summed E-state index contributed by atoms with van der Waals surface area (Å²) >= 11 is 1.33. The van der Waals surface area contributed by atoms with Crippen LogP contribution in [0.1, 0.15) is 22.9 Å². The molecule has 0 atom stereocenters. The minimum atomic E-state index is -0.318. The summed E-state index contributed by atoms with van der Waals surface area (Å²) in [5, 5.41) is 17.5. The van der Waals surface area contributed by atoms with Crippen molar-refractivity contribution in [2.45, 2.75) is 27.7 Å². The number of aromatic nitrogens is 2. The number of anilines is 1. The lowest BCUT2D eigenvalue weighted by Crippen LogP contribution is -2.22. The van der Waals surface area contributed by atoms with Gasteiger partial charge in [-0.1, -0.05) is 35.4 Å². The molecule has 0 saturated heterocycles. The van der Waals surface area contributed by atoms with Crippen molar-refractivity contribution < 1.29 is 4.79 Å². The predicted molar refractivity (Wildman–Crippen MR) is 124 cm³/mol. The number of hydrogen-bond donors (Lipinski definition) is 1. The van der Waals surface area contributed by atoms with E-state index in [2.05, 4.69) is 20.6 Å². The first-order valence-corrected chi connectivity index (χ1v) is 10.5. The van der Waals surface area contributed by atoms with Crippen LogP contribution in [0.15, 0.2) is 63.6 Å². The second-order valence-corrected chi connectivity index (χ2v) is 8.55. The summed E-state index contributed by atoms with van der Waals surface area (Å²) in [7, 11) is 0. The number of nitrogens with one attached hydrogen (secondary N) is 1. The van der Waals surface area contributed by atoms with Crippen molar-refractivity contribution in [1.29, 1.82) is 0 Å². The van der Waals surface area contributed by atoms with Gasteiger partial charge in [0.2, 0.25) is 11.7 Å². The quantitative estimate of drug-likeness (QED) is 0.418. The molecule has 1 N–H and O–H groups in total. The maximum absolute atomic E-state index is 13.4. The Kier molecular flexibility index (Phi) is 5.48. The number of aryl methyl sites for hydroxylation is 3. The van der Waals surface area contributed by atoms with E-state index in [-0.39, 0.29) is 11.5 Å². The first kappa shape index (κ1) is 20.6. The third kappa shape index (κ3) is 4.15. The first-order valence-electron chi connectivity index (χ1n) is 9.73. The maximum Gasteiger partial charge on any atom is 0.282 e. The Morgan fingerprint density at radius 3 is 2.16 bits per heavy atom. The van der Waals surface area contributed by atoms with Crippen molar-refractivity contribution in [2.24, 2.45) is 10.2 Å². The molecule has 0 aliphatic carbocycles. The Balaban J connectivity index is 1.97. The topological polar surface area (TPSA) is 88.7 Å². The summed E-state index contributed by atoms with van der Waals surface area (Å²) in [6, 6.07) is 15.1. The van der Waals surface area contributed by atoms with Crippen molar-refractivity contribution in [1.82, 2.24) is 9.78 Å². The van der Waals surface area contributed by atoms with Gasteiger partial charge >= 0.3 is 0 Å². The number of rotatable bonds is 4. The molecule has 4 rings (SSSR count). The van der Waals surface area contributed by atoms with Crippen molar-refractivity contribution in [3.8, 4) is 5.69 Å². The molecule has 7 nitrogen and oxygen atoms in total. The lowest BCUT2D eigenvalue weighted by atomic mass is 10.2. The van der Waals surface area contributed by atoms with Crippen LogP contribution in [0.5, 0.6) is 0 Å². The van der Waals surface area contributed by atoms with Crippen LogP contribution in [0.3, 0.4) is 0 Å². The number of azo groups is 1. The van der Waals surface area contributed by atoms with Crippen LogP contribution in [0.2, 0.25) is 0 Å². The number of benzene rings is 2. The molecular weight excluding hydrogens is 410 g/mol. The van der Waals surface area contributed by atoms with Gasteiger partial charge in [-0.15, -0.1) is 26.7 Å². The van der Waals surface area contributed by atoms with E-state index in [4.69, 9.17) is 0 Å². The molecule has 1 amide bonds. The van der Waals surface area contributed by atoms with E-state index in [1.807, 2.05) is 69.3 Å². The average Bonchev–Trinajstić information content (AvgIpc) is 3.05. The first-order chi connectivity index (χ1) is 14.8. The standard InChI is InChI=1S/C23H21N5O2S/c1-13-5-9-17(10-6-13)25-26-21-19-15(3)31-22(24-16(4)29)20(19)23(30)28(27-21)18-11-7-14(2)8-12-18/h5-12H,1-4H3,(H,24,29). The molecule has 0 saturated carbocycles. The second kappa shape index (κ2) is 8.23.